The molecular formula is C15H23LiO4S. The fraction of sp³-hybridized carbons (Fsp3) is 0.600. The maximum absolute atomic E-state index is 11.4. The van der Waals surface area contributed by atoms with E-state index >= 15 is 0 Å². The van der Waals surface area contributed by atoms with Crippen molar-refractivity contribution in [3.63, 3.8) is 0 Å². The third-order valence-corrected chi connectivity index (χ3v) is 4.23. The summed E-state index contributed by atoms with van der Waals surface area (Å²) in [5.74, 6) is -0.657. The predicted octanol–water partition coefficient (Wildman–Crippen LogP) is 0.304. The van der Waals surface area contributed by atoms with E-state index in [1.807, 2.05) is 0 Å². The molecule has 0 spiro atoms. The first-order valence-electron chi connectivity index (χ1n) is 7.22. The van der Waals surface area contributed by atoms with E-state index in [2.05, 4.69) is 6.92 Å². The van der Waals surface area contributed by atoms with Crippen molar-refractivity contribution in [3.05, 3.63) is 23.8 Å². The molecule has 21 heavy (non-hydrogen) atoms. The molecule has 6 heteroatoms. The smallest absolute Gasteiger partial charge is 0.872 e. The molecule has 0 saturated carbocycles. The molecule has 1 N–H and O–H groups in total. The minimum atomic E-state index is -4.41. The van der Waals surface area contributed by atoms with Gasteiger partial charge in [-0.15, -0.1) is 0 Å². The Kier molecular flexibility index (Phi) is 10.1. The Morgan fingerprint density at radius 3 is 2.19 bits per heavy atom. The molecule has 0 fully saturated rings. The summed E-state index contributed by atoms with van der Waals surface area (Å²) in [6.07, 6.45) is 9.02. The summed E-state index contributed by atoms with van der Waals surface area (Å²) in [6.45, 7) is 2.19. The molecule has 0 saturated heterocycles. The second-order valence-corrected chi connectivity index (χ2v) is 6.52. The van der Waals surface area contributed by atoms with E-state index in [0.29, 0.717) is 0 Å². The van der Waals surface area contributed by atoms with E-state index in [-0.39, 0.29) is 18.9 Å². The summed E-state index contributed by atoms with van der Waals surface area (Å²) >= 11 is 0. The average Bonchev–Trinajstić information content (AvgIpc) is 2.38. The van der Waals surface area contributed by atoms with E-state index in [4.69, 9.17) is 4.55 Å². The van der Waals surface area contributed by atoms with Gasteiger partial charge in [0.2, 0.25) is 0 Å². The van der Waals surface area contributed by atoms with Gasteiger partial charge in [-0.1, -0.05) is 63.3 Å². The van der Waals surface area contributed by atoms with Crippen LogP contribution in [0.1, 0.15) is 57.4 Å². The molecule has 0 bridgehead atoms. The summed E-state index contributed by atoms with van der Waals surface area (Å²) in [5.41, 5.74) is 0.783. The topological polar surface area (TPSA) is 77.4 Å². The minimum absolute atomic E-state index is 0. The van der Waals surface area contributed by atoms with Crippen LogP contribution < -0.4 is 24.0 Å². The van der Waals surface area contributed by atoms with E-state index in [0.717, 1.165) is 24.8 Å². The second kappa shape index (κ2) is 10.3. The molecule has 0 aliphatic carbocycles. The Morgan fingerprint density at radius 1 is 1.05 bits per heavy atom. The Morgan fingerprint density at radius 2 is 1.62 bits per heavy atom. The summed E-state index contributed by atoms with van der Waals surface area (Å²) in [6, 6.07) is 4.13. The van der Waals surface area contributed by atoms with E-state index in [1.54, 1.807) is 6.07 Å². The molecule has 4 nitrogen and oxygen atoms in total. The molecule has 0 aromatic heterocycles. The molecule has 1 aromatic carbocycles. The summed E-state index contributed by atoms with van der Waals surface area (Å²) < 4.78 is 31.0. The van der Waals surface area contributed by atoms with Gasteiger partial charge >= 0.3 is 18.9 Å². The van der Waals surface area contributed by atoms with Crippen molar-refractivity contribution in [1.82, 2.24) is 0 Å². The van der Waals surface area contributed by atoms with Crippen LogP contribution in [0.4, 0.5) is 0 Å². The molecule has 0 heterocycles. The minimum Gasteiger partial charge on any atom is -0.872 e. The third kappa shape index (κ3) is 7.92. The van der Waals surface area contributed by atoms with Gasteiger partial charge in [-0.3, -0.25) is 4.55 Å². The molecule has 114 valence electrons. The van der Waals surface area contributed by atoms with Gasteiger partial charge in [0.1, 0.15) is 0 Å². The number of benzene rings is 1. The molecule has 1 aromatic rings. The SMILES string of the molecule is CCCCCCCCCc1ccc([O-])c(S(=O)(=O)O)c1.[Li+]. The monoisotopic (exact) mass is 306 g/mol. The van der Waals surface area contributed by atoms with Crippen molar-refractivity contribution in [2.45, 2.75) is 63.2 Å². The first-order valence-corrected chi connectivity index (χ1v) is 8.66. The van der Waals surface area contributed by atoms with Crippen LogP contribution in [0.25, 0.3) is 0 Å². The van der Waals surface area contributed by atoms with Crippen LogP contribution in [-0.2, 0) is 16.5 Å². The van der Waals surface area contributed by atoms with Crippen LogP contribution in [0.3, 0.4) is 0 Å². The van der Waals surface area contributed by atoms with Gasteiger partial charge in [-0.05, 0) is 24.5 Å². The van der Waals surface area contributed by atoms with Crippen LogP contribution >= 0.6 is 0 Å². The van der Waals surface area contributed by atoms with E-state index in [1.165, 1.54) is 44.2 Å². The van der Waals surface area contributed by atoms with Crippen LogP contribution in [0.15, 0.2) is 23.1 Å². The Balaban J connectivity index is 0.00000400. The summed E-state index contributed by atoms with van der Waals surface area (Å²) in [4.78, 5) is -0.516. The van der Waals surface area contributed by atoms with Gasteiger partial charge in [0, 0.05) is 0 Å². The fourth-order valence-electron chi connectivity index (χ4n) is 2.20. The molecule has 0 aliphatic rings. The summed E-state index contributed by atoms with van der Waals surface area (Å²) in [5, 5.41) is 11.4. The maximum atomic E-state index is 11.4. The number of unbranched alkanes of at least 4 members (excludes halogenated alkanes) is 6. The van der Waals surface area contributed by atoms with Gasteiger partial charge in [0.15, 0.2) is 0 Å². The quantitative estimate of drug-likeness (QED) is 0.404. The molecule has 0 atom stereocenters. The van der Waals surface area contributed by atoms with E-state index in [9.17, 15) is 13.5 Å². The van der Waals surface area contributed by atoms with Gasteiger partial charge < -0.3 is 5.11 Å². The predicted molar refractivity (Wildman–Crippen MR) is 77.4 cm³/mol. The number of hydrogen-bond acceptors (Lipinski definition) is 3. The Labute approximate surface area is 139 Å². The van der Waals surface area contributed by atoms with Crippen molar-refractivity contribution in [3.8, 4) is 5.75 Å². The molecule has 0 radical (unpaired) electrons. The van der Waals surface area contributed by atoms with Crippen LogP contribution in [0.2, 0.25) is 0 Å². The molecule has 1 rings (SSSR count). The van der Waals surface area contributed by atoms with Crippen molar-refractivity contribution in [1.29, 1.82) is 0 Å². The van der Waals surface area contributed by atoms with Crippen molar-refractivity contribution < 1.29 is 36.9 Å². The normalized spacial score (nSPS) is 11.1. The fourth-order valence-corrected chi connectivity index (χ4v) is 2.82. The van der Waals surface area contributed by atoms with Crippen molar-refractivity contribution >= 4 is 10.1 Å². The first-order chi connectivity index (χ1) is 9.45. The maximum Gasteiger partial charge on any atom is 1.00 e. The zero-order valence-corrected chi connectivity index (χ0v) is 13.8. The van der Waals surface area contributed by atoms with E-state index < -0.39 is 20.8 Å². The van der Waals surface area contributed by atoms with Crippen LogP contribution in [-0.4, -0.2) is 13.0 Å². The second-order valence-electron chi connectivity index (χ2n) is 5.13. The standard InChI is InChI=1S/C15H24O4S.Li/c1-2-3-4-5-6-7-8-9-13-10-11-14(16)15(12-13)20(17,18)19;/h10-12,16H,2-9H2,1H3,(H,17,18,19);/q;+1/p-1. The zero-order chi connectivity index (χ0) is 15.0. The van der Waals surface area contributed by atoms with Crippen molar-refractivity contribution in [2.24, 2.45) is 0 Å². The van der Waals surface area contributed by atoms with Gasteiger partial charge in [-0.2, -0.15) is 8.42 Å². The molecule has 0 amide bonds. The van der Waals surface area contributed by atoms with Crippen LogP contribution in [0, 0.1) is 0 Å². The number of aryl methyl sites for hydroxylation is 1. The van der Waals surface area contributed by atoms with Crippen LogP contribution in [0.5, 0.6) is 5.75 Å². The number of rotatable bonds is 9. The van der Waals surface area contributed by atoms with Gasteiger partial charge in [0.05, 0.1) is 4.90 Å². The van der Waals surface area contributed by atoms with Crippen molar-refractivity contribution in [2.75, 3.05) is 0 Å². The van der Waals surface area contributed by atoms with Gasteiger partial charge in [-0.25, -0.2) is 0 Å². The average molecular weight is 306 g/mol. The van der Waals surface area contributed by atoms with Gasteiger partial charge in [0.25, 0.3) is 10.1 Å². The Hall–Kier alpha value is -0.473. The first kappa shape index (κ1) is 20.5. The molecule has 0 aliphatic heterocycles. The summed E-state index contributed by atoms with van der Waals surface area (Å²) in [7, 11) is -4.41. The molecular weight excluding hydrogens is 283 g/mol. The number of hydrogen-bond donors (Lipinski definition) is 1. The Bertz CT molecular complexity index is 514. The zero-order valence-electron chi connectivity index (χ0n) is 13.0. The third-order valence-electron chi connectivity index (χ3n) is 3.36. The largest absolute Gasteiger partial charge is 1.00 e. The molecule has 0 unspecified atom stereocenters.